The number of hydrogen-bond donors (Lipinski definition) is 2. The summed E-state index contributed by atoms with van der Waals surface area (Å²) in [6, 6.07) is 0.293. The third-order valence-corrected chi connectivity index (χ3v) is 6.52. The van der Waals surface area contributed by atoms with Gasteiger partial charge in [-0.2, -0.15) is 0 Å². The number of sulfone groups is 1. The number of rotatable bonds is 5. The number of carbonyl (C=O) groups excluding carboxylic acids is 1. The van der Waals surface area contributed by atoms with E-state index in [0.29, 0.717) is 32.0 Å². The first-order valence-electron chi connectivity index (χ1n) is 7.85. The average Bonchev–Trinajstić information content (AvgIpc) is 2.45. The summed E-state index contributed by atoms with van der Waals surface area (Å²) in [7, 11) is -3.25. The molecule has 0 spiro atoms. The lowest BCUT2D eigenvalue weighted by Gasteiger charge is -2.26. The summed E-state index contributed by atoms with van der Waals surface area (Å²) >= 11 is 0. The van der Waals surface area contributed by atoms with Crippen molar-refractivity contribution in [3.8, 4) is 0 Å². The maximum Gasteiger partial charge on any atom is 0.238 e. The largest absolute Gasteiger partial charge is 0.376 e. The van der Waals surface area contributed by atoms with E-state index in [1.807, 2.05) is 0 Å². The highest BCUT2D eigenvalue weighted by atomic mass is 32.2. The fourth-order valence-electron chi connectivity index (χ4n) is 3.02. The summed E-state index contributed by atoms with van der Waals surface area (Å²) in [5, 5.41) is 1.83. The molecule has 0 radical (unpaired) electrons. The SMILES string of the molecule is NC1CCC(OCCNC(=O)C2CCCCS2(=O)=O)CC1. The Morgan fingerprint density at radius 1 is 1.14 bits per heavy atom. The number of carbonyl (C=O) groups is 1. The van der Waals surface area contributed by atoms with Crippen molar-refractivity contribution in [3.05, 3.63) is 0 Å². The van der Waals surface area contributed by atoms with E-state index in [2.05, 4.69) is 5.32 Å². The highest BCUT2D eigenvalue weighted by Crippen LogP contribution is 2.20. The van der Waals surface area contributed by atoms with Crippen LogP contribution >= 0.6 is 0 Å². The Hall–Kier alpha value is -0.660. The van der Waals surface area contributed by atoms with Gasteiger partial charge in [-0.3, -0.25) is 4.79 Å². The van der Waals surface area contributed by atoms with E-state index in [1.54, 1.807) is 0 Å². The van der Waals surface area contributed by atoms with E-state index in [4.69, 9.17) is 10.5 Å². The van der Waals surface area contributed by atoms with Crippen molar-refractivity contribution >= 4 is 15.7 Å². The number of amides is 1. The molecule has 1 saturated carbocycles. The van der Waals surface area contributed by atoms with Crippen LogP contribution in [0.4, 0.5) is 0 Å². The highest BCUT2D eigenvalue weighted by Gasteiger charge is 2.34. The van der Waals surface area contributed by atoms with E-state index < -0.39 is 15.1 Å². The van der Waals surface area contributed by atoms with Gasteiger partial charge in [0.2, 0.25) is 5.91 Å². The number of hydrogen-bond acceptors (Lipinski definition) is 5. The van der Waals surface area contributed by atoms with Crippen LogP contribution in [0.15, 0.2) is 0 Å². The summed E-state index contributed by atoms with van der Waals surface area (Å²) in [6.45, 7) is 0.797. The van der Waals surface area contributed by atoms with E-state index in [1.165, 1.54) is 0 Å². The lowest BCUT2D eigenvalue weighted by atomic mass is 9.94. The van der Waals surface area contributed by atoms with Crippen LogP contribution in [0.1, 0.15) is 44.9 Å². The predicted octanol–water partition coefficient (Wildman–Crippen LogP) is 0.356. The van der Waals surface area contributed by atoms with Crippen molar-refractivity contribution in [3.63, 3.8) is 0 Å². The Kier molecular flexibility index (Phi) is 6.01. The first kappa shape index (κ1) is 16.7. The van der Waals surface area contributed by atoms with Crippen molar-refractivity contribution < 1.29 is 17.9 Å². The van der Waals surface area contributed by atoms with Crippen LogP contribution in [0.3, 0.4) is 0 Å². The van der Waals surface area contributed by atoms with Gasteiger partial charge in [0, 0.05) is 12.6 Å². The van der Waals surface area contributed by atoms with Crippen LogP contribution in [0.2, 0.25) is 0 Å². The molecule has 2 rings (SSSR count). The zero-order valence-corrected chi connectivity index (χ0v) is 13.2. The average molecular weight is 318 g/mol. The summed E-state index contributed by atoms with van der Waals surface area (Å²) in [5.74, 6) is -0.242. The molecule has 0 aromatic rings. The van der Waals surface area contributed by atoms with E-state index >= 15 is 0 Å². The second-order valence-corrected chi connectivity index (χ2v) is 8.35. The molecule has 0 aromatic carbocycles. The molecular formula is C14H26N2O4S. The van der Waals surface area contributed by atoms with Gasteiger partial charge in [0.25, 0.3) is 0 Å². The molecule has 0 aromatic heterocycles. The van der Waals surface area contributed by atoms with Gasteiger partial charge < -0.3 is 15.8 Å². The Labute approximate surface area is 126 Å². The van der Waals surface area contributed by atoms with Crippen LogP contribution in [-0.2, 0) is 19.4 Å². The second kappa shape index (κ2) is 7.56. The molecule has 6 nitrogen and oxygen atoms in total. The second-order valence-electron chi connectivity index (χ2n) is 6.05. The summed E-state index contributed by atoms with van der Waals surface area (Å²) < 4.78 is 29.4. The molecule has 7 heteroatoms. The summed E-state index contributed by atoms with van der Waals surface area (Å²) in [6.07, 6.45) is 6.03. The first-order valence-corrected chi connectivity index (χ1v) is 9.57. The number of nitrogens with two attached hydrogens (primary N) is 1. The third-order valence-electron chi connectivity index (χ3n) is 4.34. The molecule has 122 valence electrons. The van der Waals surface area contributed by atoms with Crippen LogP contribution in [0.25, 0.3) is 0 Å². The Bertz CT molecular complexity index is 444. The van der Waals surface area contributed by atoms with Crippen LogP contribution < -0.4 is 11.1 Å². The quantitative estimate of drug-likeness (QED) is 0.713. The minimum atomic E-state index is -3.25. The van der Waals surface area contributed by atoms with Crippen molar-refractivity contribution in [2.75, 3.05) is 18.9 Å². The van der Waals surface area contributed by atoms with E-state index in [-0.39, 0.29) is 17.8 Å². The van der Waals surface area contributed by atoms with Gasteiger partial charge in [-0.15, -0.1) is 0 Å². The Balaban J connectivity index is 1.65. The number of nitrogens with one attached hydrogen (secondary N) is 1. The fraction of sp³-hybridized carbons (Fsp3) is 0.929. The van der Waals surface area contributed by atoms with Crippen LogP contribution in [0.5, 0.6) is 0 Å². The minimum absolute atomic E-state index is 0.129. The minimum Gasteiger partial charge on any atom is -0.376 e. The molecule has 3 N–H and O–H groups in total. The topological polar surface area (TPSA) is 98.5 Å². The molecule has 1 atom stereocenters. The lowest BCUT2D eigenvalue weighted by molar-refractivity contribution is -0.121. The maximum atomic E-state index is 11.9. The monoisotopic (exact) mass is 318 g/mol. The van der Waals surface area contributed by atoms with E-state index in [0.717, 1.165) is 32.1 Å². The summed E-state index contributed by atoms with van der Waals surface area (Å²) in [5.41, 5.74) is 5.83. The molecule has 2 aliphatic rings. The first-order chi connectivity index (χ1) is 9.99. The molecule has 1 amide bonds. The molecule has 1 saturated heterocycles. The molecule has 1 heterocycles. The zero-order chi connectivity index (χ0) is 15.3. The number of ether oxygens (including phenoxy) is 1. The van der Waals surface area contributed by atoms with Crippen molar-refractivity contribution in [2.45, 2.75) is 62.3 Å². The molecule has 21 heavy (non-hydrogen) atoms. The molecule has 2 fully saturated rings. The zero-order valence-electron chi connectivity index (χ0n) is 12.4. The van der Waals surface area contributed by atoms with Gasteiger partial charge >= 0.3 is 0 Å². The fourth-order valence-corrected chi connectivity index (χ4v) is 4.84. The normalized spacial score (nSPS) is 32.5. The highest BCUT2D eigenvalue weighted by molar-refractivity contribution is 7.92. The van der Waals surface area contributed by atoms with Gasteiger partial charge in [0.1, 0.15) is 5.25 Å². The lowest BCUT2D eigenvalue weighted by Crippen LogP contribution is -2.44. The van der Waals surface area contributed by atoms with Gasteiger partial charge in [0.05, 0.1) is 18.5 Å². The summed E-state index contributed by atoms with van der Waals surface area (Å²) in [4.78, 5) is 11.9. The van der Waals surface area contributed by atoms with Gasteiger partial charge in [-0.25, -0.2) is 8.42 Å². The Morgan fingerprint density at radius 3 is 2.52 bits per heavy atom. The molecule has 1 aliphatic heterocycles. The maximum absolute atomic E-state index is 11.9. The predicted molar refractivity (Wildman–Crippen MR) is 80.6 cm³/mol. The van der Waals surface area contributed by atoms with E-state index in [9.17, 15) is 13.2 Å². The van der Waals surface area contributed by atoms with Crippen molar-refractivity contribution in [2.24, 2.45) is 5.73 Å². The van der Waals surface area contributed by atoms with Crippen molar-refractivity contribution in [1.29, 1.82) is 0 Å². The smallest absolute Gasteiger partial charge is 0.238 e. The van der Waals surface area contributed by atoms with Crippen molar-refractivity contribution in [1.82, 2.24) is 5.32 Å². The molecule has 0 bridgehead atoms. The van der Waals surface area contributed by atoms with Gasteiger partial charge in [-0.05, 0) is 38.5 Å². The molecule has 1 unspecified atom stereocenters. The third kappa shape index (κ3) is 4.93. The Morgan fingerprint density at radius 2 is 1.86 bits per heavy atom. The van der Waals surface area contributed by atoms with Gasteiger partial charge in [-0.1, -0.05) is 6.42 Å². The molecular weight excluding hydrogens is 292 g/mol. The molecule has 1 aliphatic carbocycles. The van der Waals surface area contributed by atoms with Crippen LogP contribution in [-0.4, -0.2) is 50.6 Å². The van der Waals surface area contributed by atoms with Gasteiger partial charge in [0.15, 0.2) is 9.84 Å². The standard InChI is InChI=1S/C14H26N2O4S/c15-11-4-6-12(7-5-11)20-9-8-16-14(17)13-3-1-2-10-21(13,18)19/h11-13H,1-10,15H2,(H,16,17). The van der Waals surface area contributed by atoms with Crippen LogP contribution in [0, 0.1) is 0 Å².